The van der Waals surface area contributed by atoms with Gasteiger partial charge in [-0.15, -0.1) is 11.3 Å². The van der Waals surface area contributed by atoms with Gasteiger partial charge in [0.2, 0.25) is 0 Å². The van der Waals surface area contributed by atoms with Crippen LogP contribution in [-0.2, 0) is 16.1 Å². The third kappa shape index (κ3) is 4.24. The van der Waals surface area contributed by atoms with Crippen LogP contribution in [0.3, 0.4) is 0 Å². The number of halogens is 2. The molecule has 0 radical (unpaired) electrons. The van der Waals surface area contributed by atoms with E-state index in [4.69, 9.17) is 27.9 Å². The van der Waals surface area contributed by atoms with Crippen LogP contribution in [0.2, 0.25) is 10.0 Å². The Morgan fingerprint density at radius 1 is 1.16 bits per heavy atom. The average Bonchev–Trinajstić information content (AvgIpc) is 3.10. The molecule has 2 aromatic carbocycles. The minimum atomic E-state index is -0.842. The van der Waals surface area contributed by atoms with Gasteiger partial charge in [-0.1, -0.05) is 53.5 Å². The summed E-state index contributed by atoms with van der Waals surface area (Å²) in [5.41, 5.74) is 2.09. The van der Waals surface area contributed by atoms with Crippen molar-refractivity contribution in [3.8, 4) is 11.1 Å². The Bertz CT molecular complexity index is 1330. The molecule has 0 spiro atoms. The molecule has 4 rings (SSSR count). The predicted molar refractivity (Wildman–Crippen MR) is 125 cm³/mol. The number of ether oxygens (including phenoxy) is 1. The molecule has 0 fully saturated rings. The third-order valence-electron chi connectivity index (χ3n) is 5.03. The number of benzene rings is 2. The van der Waals surface area contributed by atoms with Crippen molar-refractivity contribution in [2.75, 3.05) is 0 Å². The molecule has 8 heteroatoms. The summed E-state index contributed by atoms with van der Waals surface area (Å²) in [7, 11) is 0. The summed E-state index contributed by atoms with van der Waals surface area (Å²) in [5.74, 6) is -0.539. The first kappa shape index (κ1) is 21.6. The van der Waals surface area contributed by atoms with E-state index >= 15 is 0 Å². The number of hydrogen-bond acceptors (Lipinski definition) is 5. The molecule has 1 unspecified atom stereocenters. The zero-order valence-corrected chi connectivity index (χ0v) is 19.1. The number of aromatic nitrogens is 2. The van der Waals surface area contributed by atoms with Crippen LogP contribution < -0.4 is 5.56 Å². The number of fused-ring (bicyclic) bond motifs is 1. The number of aryl methyl sites for hydroxylation is 1. The van der Waals surface area contributed by atoms with E-state index in [9.17, 15) is 9.59 Å². The lowest BCUT2D eigenvalue weighted by Gasteiger charge is -2.15. The Hall–Kier alpha value is -2.67. The third-order valence-corrected chi connectivity index (χ3v) is 6.67. The van der Waals surface area contributed by atoms with Crippen molar-refractivity contribution in [3.05, 3.63) is 85.7 Å². The van der Waals surface area contributed by atoms with Gasteiger partial charge in [-0.25, -0.2) is 9.78 Å². The average molecular weight is 473 g/mol. The zero-order chi connectivity index (χ0) is 22.1. The summed E-state index contributed by atoms with van der Waals surface area (Å²) in [6, 6.07) is 13.6. The largest absolute Gasteiger partial charge is 0.459 e. The van der Waals surface area contributed by atoms with Gasteiger partial charge in [0, 0.05) is 26.0 Å². The van der Waals surface area contributed by atoms with E-state index in [0.717, 1.165) is 16.0 Å². The lowest BCUT2D eigenvalue weighted by Crippen LogP contribution is -2.29. The first-order valence-corrected chi connectivity index (χ1v) is 11.1. The van der Waals surface area contributed by atoms with Crippen molar-refractivity contribution in [2.45, 2.75) is 26.5 Å². The van der Waals surface area contributed by atoms with E-state index in [2.05, 4.69) is 4.98 Å². The van der Waals surface area contributed by atoms with Crippen LogP contribution >= 0.6 is 34.5 Å². The first-order chi connectivity index (χ1) is 14.9. The van der Waals surface area contributed by atoms with Crippen molar-refractivity contribution in [2.24, 2.45) is 0 Å². The molecule has 0 bridgehead atoms. The molecule has 2 aromatic heterocycles. The minimum absolute atomic E-state index is 0.0286. The second-order valence-electron chi connectivity index (χ2n) is 7.05. The molecule has 1 atom stereocenters. The fourth-order valence-electron chi connectivity index (χ4n) is 3.35. The van der Waals surface area contributed by atoms with Gasteiger partial charge >= 0.3 is 5.97 Å². The summed E-state index contributed by atoms with van der Waals surface area (Å²) in [4.78, 5) is 32.0. The maximum atomic E-state index is 13.4. The van der Waals surface area contributed by atoms with Gasteiger partial charge in [0.1, 0.15) is 17.5 Å². The highest BCUT2D eigenvalue weighted by Crippen LogP contribution is 2.36. The molecule has 0 saturated carbocycles. The molecule has 31 heavy (non-hydrogen) atoms. The highest BCUT2D eigenvalue weighted by atomic mass is 35.5. The standard InChI is InChI=1S/C23H18Cl2N2O3S/c1-13(23(29)30-11-16-5-3-4-6-18(16)25)27-12-26-21-20(22(27)28)19(14(2)31-21)15-7-9-17(24)10-8-15/h3-10,12-13H,11H2,1-2H3. The second kappa shape index (κ2) is 8.83. The van der Waals surface area contributed by atoms with Gasteiger partial charge in [0.05, 0.1) is 11.7 Å². The Balaban J connectivity index is 1.68. The van der Waals surface area contributed by atoms with Gasteiger partial charge in [-0.3, -0.25) is 9.36 Å². The second-order valence-corrected chi connectivity index (χ2v) is 9.10. The molecule has 0 saturated heterocycles. The van der Waals surface area contributed by atoms with E-state index in [1.165, 1.54) is 22.2 Å². The number of thiophene rings is 1. The number of hydrogen-bond donors (Lipinski definition) is 0. The van der Waals surface area contributed by atoms with Gasteiger partial charge in [-0.05, 0) is 37.6 Å². The molecular weight excluding hydrogens is 455 g/mol. The van der Waals surface area contributed by atoms with Crippen molar-refractivity contribution in [3.63, 3.8) is 0 Å². The number of rotatable bonds is 5. The molecule has 2 heterocycles. The van der Waals surface area contributed by atoms with Crippen LogP contribution in [0.25, 0.3) is 21.3 Å². The highest BCUT2D eigenvalue weighted by Gasteiger charge is 2.23. The van der Waals surface area contributed by atoms with Crippen molar-refractivity contribution >= 4 is 50.7 Å². The predicted octanol–water partition coefficient (Wildman–Crippen LogP) is 6.04. The Labute approximate surface area is 192 Å². The van der Waals surface area contributed by atoms with E-state index in [-0.39, 0.29) is 12.2 Å². The molecular formula is C23H18Cl2N2O3S. The van der Waals surface area contributed by atoms with Gasteiger partial charge in [0.15, 0.2) is 0 Å². The monoisotopic (exact) mass is 472 g/mol. The van der Waals surface area contributed by atoms with Gasteiger partial charge < -0.3 is 4.74 Å². The Morgan fingerprint density at radius 3 is 2.58 bits per heavy atom. The van der Waals surface area contributed by atoms with Gasteiger partial charge in [-0.2, -0.15) is 0 Å². The van der Waals surface area contributed by atoms with E-state index in [0.29, 0.717) is 25.8 Å². The maximum absolute atomic E-state index is 13.4. The number of esters is 1. The number of carbonyl (C=O) groups is 1. The molecule has 4 aromatic rings. The number of carbonyl (C=O) groups excluding carboxylic acids is 1. The summed E-state index contributed by atoms with van der Waals surface area (Å²) in [6.45, 7) is 3.59. The summed E-state index contributed by atoms with van der Waals surface area (Å²) in [5, 5.41) is 1.62. The fraction of sp³-hybridized carbons (Fsp3) is 0.174. The van der Waals surface area contributed by atoms with Crippen LogP contribution in [0.5, 0.6) is 0 Å². The fourth-order valence-corrected chi connectivity index (χ4v) is 4.67. The van der Waals surface area contributed by atoms with Gasteiger partial charge in [0.25, 0.3) is 5.56 Å². The smallest absolute Gasteiger partial charge is 0.329 e. The van der Waals surface area contributed by atoms with E-state index < -0.39 is 12.0 Å². The van der Waals surface area contributed by atoms with E-state index in [1.54, 1.807) is 37.3 Å². The molecule has 0 N–H and O–H groups in total. The molecule has 5 nitrogen and oxygen atoms in total. The Morgan fingerprint density at radius 2 is 1.87 bits per heavy atom. The van der Waals surface area contributed by atoms with Crippen LogP contribution in [-0.4, -0.2) is 15.5 Å². The lowest BCUT2D eigenvalue weighted by atomic mass is 10.0. The minimum Gasteiger partial charge on any atom is -0.459 e. The highest BCUT2D eigenvalue weighted by molar-refractivity contribution is 7.19. The normalized spacial score (nSPS) is 12.1. The molecule has 0 amide bonds. The van der Waals surface area contributed by atoms with Crippen LogP contribution in [0.1, 0.15) is 23.4 Å². The molecule has 0 aliphatic carbocycles. The Kier molecular flexibility index (Phi) is 6.14. The maximum Gasteiger partial charge on any atom is 0.329 e. The van der Waals surface area contributed by atoms with Crippen molar-refractivity contribution in [1.29, 1.82) is 0 Å². The zero-order valence-electron chi connectivity index (χ0n) is 16.8. The first-order valence-electron chi connectivity index (χ1n) is 9.53. The summed E-state index contributed by atoms with van der Waals surface area (Å²) < 4.78 is 6.71. The quantitative estimate of drug-likeness (QED) is 0.332. The van der Waals surface area contributed by atoms with Crippen LogP contribution in [0.4, 0.5) is 0 Å². The van der Waals surface area contributed by atoms with Crippen molar-refractivity contribution < 1.29 is 9.53 Å². The van der Waals surface area contributed by atoms with Crippen molar-refractivity contribution in [1.82, 2.24) is 9.55 Å². The topological polar surface area (TPSA) is 61.2 Å². The van der Waals surface area contributed by atoms with Crippen LogP contribution in [0.15, 0.2) is 59.7 Å². The SMILES string of the molecule is Cc1sc2ncn(C(C)C(=O)OCc3ccccc3Cl)c(=O)c2c1-c1ccc(Cl)cc1. The molecule has 0 aliphatic rings. The van der Waals surface area contributed by atoms with Crippen LogP contribution in [0, 0.1) is 6.92 Å². The lowest BCUT2D eigenvalue weighted by molar-refractivity contribution is -0.148. The summed E-state index contributed by atoms with van der Waals surface area (Å²) >= 11 is 13.6. The molecule has 158 valence electrons. The molecule has 0 aliphatic heterocycles. The van der Waals surface area contributed by atoms with E-state index in [1.807, 2.05) is 25.1 Å². The summed E-state index contributed by atoms with van der Waals surface area (Å²) in [6.07, 6.45) is 1.40. The number of nitrogens with zero attached hydrogens (tertiary/aromatic N) is 2.